The molecule has 5 heteroatoms. The maximum absolute atomic E-state index is 11.1. The number of carbonyl (C=O) groups is 2. The van der Waals surface area contributed by atoms with Crippen LogP contribution in [0.4, 0.5) is 0 Å². The third kappa shape index (κ3) is 7.00. The number of esters is 1. The van der Waals surface area contributed by atoms with Gasteiger partial charge in [0.25, 0.3) is 0 Å². The van der Waals surface area contributed by atoms with Crippen LogP contribution in [0, 0.1) is 5.92 Å². The lowest BCUT2D eigenvalue weighted by Crippen LogP contribution is -2.16. The highest BCUT2D eigenvalue weighted by Gasteiger charge is 2.21. The first kappa shape index (κ1) is 14.6. The van der Waals surface area contributed by atoms with E-state index in [1.165, 1.54) is 0 Å². The molecule has 1 rings (SSSR count). The topological polar surface area (TPSA) is 83.8 Å². The van der Waals surface area contributed by atoms with Crippen LogP contribution in [0.3, 0.4) is 0 Å². The average molecular weight is 230 g/mol. The van der Waals surface area contributed by atoms with E-state index in [-0.39, 0.29) is 18.5 Å². The van der Waals surface area contributed by atoms with Gasteiger partial charge in [0.2, 0.25) is 0 Å². The van der Waals surface area contributed by atoms with Gasteiger partial charge in [0, 0.05) is 12.7 Å². The first-order valence-corrected chi connectivity index (χ1v) is 5.24. The summed E-state index contributed by atoms with van der Waals surface area (Å²) in [5, 5.41) is 16.2. The number of ether oxygens (including phenoxy) is 1. The number of carboxylic acids is 1. The highest BCUT2D eigenvalue weighted by molar-refractivity contribution is 5.78. The van der Waals surface area contributed by atoms with Gasteiger partial charge in [-0.05, 0) is 25.7 Å². The molecule has 1 unspecified atom stereocenters. The van der Waals surface area contributed by atoms with Gasteiger partial charge < -0.3 is 14.9 Å². The molecule has 0 aromatic carbocycles. The van der Waals surface area contributed by atoms with Gasteiger partial charge in [0.1, 0.15) is 0 Å². The molecule has 16 heavy (non-hydrogen) atoms. The van der Waals surface area contributed by atoms with Crippen molar-refractivity contribution in [1.82, 2.24) is 0 Å². The number of carboxylic acid groups (broad SMARTS) is 1. The normalized spacial score (nSPS) is 19.8. The molecular weight excluding hydrogens is 212 g/mol. The fraction of sp³-hybridized carbons (Fsp3) is 0.636. The lowest BCUT2D eigenvalue weighted by Gasteiger charge is -2.08. The van der Waals surface area contributed by atoms with Crippen molar-refractivity contribution in [3.8, 4) is 0 Å². The van der Waals surface area contributed by atoms with E-state index < -0.39 is 5.97 Å². The Bertz CT molecular complexity index is 237. The van der Waals surface area contributed by atoms with Gasteiger partial charge in [-0.2, -0.15) is 0 Å². The molecule has 92 valence electrons. The van der Waals surface area contributed by atoms with Gasteiger partial charge in [-0.25, -0.2) is 4.79 Å². The number of aliphatic hydroxyl groups excluding tert-OH is 1. The predicted molar refractivity (Wildman–Crippen MR) is 57.8 cm³/mol. The van der Waals surface area contributed by atoms with E-state index in [4.69, 9.17) is 14.9 Å². The molecule has 1 aliphatic rings. The molecule has 1 fully saturated rings. The molecule has 0 amide bonds. The Kier molecular flexibility index (Phi) is 8.15. The van der Waals surface area contributed by atoms with Crippen LogP contribution in [0.2, 0.25) is 0 Å². The first-order chi connectivity index (χ1) is 7.61. The number of aliphatic carboxylic acids is 1. The molecule has 0 aromatic heterocycles. The molecule has 0 radical (unpaired) electrons. The van der Waals surface area contributed by atoms with Gasteiger partial charge >= 0.3 is 11.9 Å². The van der Waals surface area contributed by atoms with E-state index in [9.17, 15) is 9.59 Å². The van der Waals surface area contributed by atoms with Crippen LogP contribution < -0.4 is 0 Å². The molecule has 2 N–H and O–H groups in total. The lowest BCUT2D eigenvalue weighted by molar-refractivity contribution is -0.147. The van der Waals surface area contributed by atoms with E-state index in [0.29, 0.717) is 13.0 Å². The van der Waals surface area contributed by atoms with Crippen molar-refractivity contribution in [3.05, 3.63) is 12.7 Å². The maximum Gasteiger partial charge on any atom is 0.327 e. The Labute approximate surface area is 94.7 Å². The molecule has 5 nitrogen and oxygen atoms in total. The Hall–Kier alpha value is -1.36. The zero-order valence-electron chi connectivity index (χ0n) is 9.22. The number of carbonyl (C=O) groups excluding carboxylic acids is 1. The summed E-state index contributed by atoms with van der Waals surface area (Å²) in [6, 6.07) is 0. The van der Waals surface area contributed by atoms with E-state index in [1.54, 1.807) is 0 Å². The van der Waals surface area contributed by atoms with Crippen molar-refractivity contribution in [1.29, 1.82) is 0 Å². The molecule has 0 saturated carbocycles. The quantitative estimate of drug-likeness (QED) is 0.557. The molecule has 0 bridgehead atoms. The second-order valence-corrected chi connectivity index (χ2v) is 3.41. The SMILES string of the molecule is C=CC(=O)O.O=C1OCCCCC1CCO. The van der Waals surface area contributed by atoms with Crippen LogP contribution >= 0.6 is 0 Å². The molecule has 0 aromatic rings. The van der Waals surface area contributed by atoms with Crippen molar-refractivity contribution in [2.75, 3.05) is 13.2 Å². The summed E-state index contributed by atoms with van der Waals surface area (Å²) >= 11 is 0. The Morgan fingerprint density at radius 1 is 1.56 bits per heavy atom. The summed E-state index contributed by atoms with van der Waals surface area (Å²) in [4.78, 5) is 20.3. The van der Waals surface area contributed by atoms with E-state index in [0.717, 1.165) is 25.3 Å². The summed E-state index contributed by atoms with van der Waals surface area (Å²) in [6.07, 6.45) is 4.27. The summed E-state index contributed by atoms with van der Waals surface area (Å²) in [6.45, 7) is 3.60. The molecule has 1 saturated heterocycles. The molecule has 0 aliphatic carbocycles. The molecule has 1 heterocycles. The standard InChI is InChI=1S/C8H14O3.C3H4O2/c9-5-4-7-3-1-2-6-11-8(7)10;1-2-3(4)5/h7,9H,1-6H2;2H,1H2,(H,4,5). The number of cyclic esters (lactones) is 1. The average Bonchev–Trinajstić information content (AvgIpc) is 2.46. The molecule has 0 spiro atoms. The van der Waals surface area contributed by atoms with Crippen LogP contribution in [0.1, 0.15) is 25.7 Å². The molecular formula is C11H18O5. The Morgan fingerprint density at radius 3 is 2.69 bits per heavy atom. The second kappa shape index (κ2) is 8.91. The van der Waals surface area contributed by atoms with Crippen LogP contribution in [0.25, 0.3) is 0 Å². The van der Waals surface area contributed by atoms with Gasteiger partial charge in [-0.1, -0.05) is 6.58 Å². The van der Waals surface area contributed by atoms with Gasteiger partial charge in [-0.15, -0.1) is 0 Å². The zero-order valence-corrected chi connectivity index (χ0v) is 9.22. The van der Waals surface area contributed by atoms with E-state index in [1.807, 2.05) is 0 Å². The summed E-state index contributed by atoms with van der Waals surface area (Å²) in [7, 11) is 0. The van der Waals surface area contributed by atoms with Crippen molar-refractivity contribution in [2.45, 2.75) is 25.7 Å². The fourth-order valence-electron chi connectivity index (χ4n) is 1.32. The Balaban J connectivity index is 0.000000385. The van der Waals surface area contributed by atoms with Crippen molar-refractivity contribution in [2.24, 2.45) is 5.92 Å². The summed E-state index contributed by atoms with van der Waals surface area (Å²) < 4.78 is 4.92. The fourth-order valence-corrected chi connectivity index (χ4v) is 1.32. The second-order valence-electron chi connectivity index (χ2n) is 3.41. The highest BCUT2D eigenvalue weighted by Crippen LogP contribution is 2.17. The Morgan fingerprint density at radius 2 is 2.19 bits per heavy atom. The van der Waals surface area contributed by atoms with E-state index >= 15 is 0 Å². The summed E-state index contributed by atoms with van der Waals surface area (Å²) in [5.74, 6) is -1.16. The minimum atomic E-state index is -0.981. The van der Waals surface area contributed by atoms with E-state index in [2.05, 4.69) is 6.58 Å². The van der Waals surface area contributed by atoms with Crippen LogP contribution in [-0.4, -0.2) is 35.4 Å². The van der Waals surface area contributed by atoms with Gasteiger partial charge in [0.15, 0.2) is 0 Å². The van der Waals surface area contributed by atoms with Crippen molar-refractivity contribution >= 4 is 11.9 Å². The van der Waals surface area contributed by atoms with Crippen LogP contribution in [0.15, 0.2) is 12.7 Å². The van der Waals surface area contributed by atoms with Gasteiger partial charge in [-0.3, -0.25) is 4.79 Å². The van der Waals surface area contributed by atoms with Crippen LogP contribution in [-0.2, 0) is 14.3 Å². The zero-order chi connectivity index (χ0) is 12.4. The van der Waals surface area contributed by atoms with Crippen LogP contribution in [0.5, 0.6) is 0 Å². The predicted octanol–water partition coefficient (Wildman–Crippen LogP) is 0.969. The monoisotopic (exact) mass is 230 g/mol. The smallest absolute Gasteiger partial charge is 0.327 e. The minimum Gasteiger partial charge on any atom is -0.478 e. The van der Waals surface area contributed by atoms with Gasteiger partial charge in [0.05, 0.1) is 12.5 Å². The largest absolute Gasteiger partial charge is 0.478 e. The number of rotatable bonds is 3. The molecule has 1 aliphatic heterocycles. The highest BCUT2D eigenvalue weighted by atomic mass is 16.5. The van der Waals surface area contributed by atoms with Crippen molar-refractivity contribution < 1.29 is 24.5 Å². The maximum atomic E-state index is 11.1. The third-order valence-electron chi connectivity index (χ3n) is 2.18. The number of hydrogen-bond acceptors (Lipinski definition) is 4. The number of aliphatic hydroxyl groups is 1. The lowest BCUT2D eigenvalue weighted by atomic mass is 10.0. The minimum absolute atomic E-state index is 0.0532. The first-order valence-electron chi connectivity index (χ1n) is 5.24. The summed E-state index contributed by atoms with van der Waals surface area (Å²) in [5.41, 5.74) is 0. The van der Waals surface area contributed by atoms with Crippen molar-refractivity contribution in [3.63, 3.8) is 0 Å². The molecule has 1 atom stereocenters. The number of hydrogen-bond donors (Lipinski definition) is 2. The third-order valence-corrected chi connectivity index (χ3v) is 2.18.